The summed E-state index contributed by atoms with van der Waals surface area (Å²) >= 11 is 9.30. The van der Waals surface area contributed by atoms with E-state index in [4.69, 9.17) is 16.3 Å². The van der Waals surface area contributed by atoms with Crippen molar-refractivity contribution in [2.75, 3.05) is 0 Å². The Hall–Kier alpha value is -1.84. The first kappa shape index (κ1) is 16.0. The van der Waals surface area contributed by atoms with Gasteiger partial charge in [0.05, 0.1) is 0 Å². The molecule has 0 aliphatic carbocycles. The van der Waals surface area contributed by atoms with E-state index in [1.807, 2.05) is 36.4 Å². The molecule has 0 saturated heterocycles. The van der Waals surface area contributed by atoms with Crippen molar-refractivity contribution in [1.82, 2.24) is 0 Å². The number of rotatable bonds is 4. The third-order valence-corrected chi connectivity index (χ3v) is 4.33. The maximum atomic E-state index is 12.4. The van der Waals surface area contributed by atoms with Gasteiger partial charge in [0.2, 0.25) is 5.78 Å². The summed E-state index contributed by atoms with van der Waals surface area (Å²) < 4.78 is 6.84. The summed E-state index contributed by atoms with van der Waals surface area (Å²) in [5.41, 5.74) is 0.589. The molecule has 3 aromatic carbocycles. The molecule has 23 heavy (non-hydrogen) atoms. The van der Waals surface area contributed by atoms with Gasteiger partial charge < -0.3 is 4.74 Å². The second-order valence-electron chi connectivity index (χ2n) is 5.28. The molecular weight excluding hydrogens is 376 g/mol. The molecule has 0 spiro atoms. The minimum Gasteiger partial charge on any atom is -0.483 e. The van der Waals surface area contributed by atoms with E-state index >= 15 is 0 Å². The normalized spacial score (nSPS) is 12.1. The fourth-order valence-corrected chi connectivity index (χ4v) is 2.88. The molecule has 2 nitrogen and oxygen atoms in total. The number of ether oxygens (including phenoxy) is 1. The number of hydrogen-bond acceptors (Lipinski definition) is 2. The van der Waals surface area contributed by atoms with Crippen LogP contribution in [0.4, 0.5) is 0 Å². The molecule has 4 heteroatoms. The minimum absolute atomic E-state index is 0.0717. The van der Waals surface area contributed by atoms with Crippen LogP contribution in [-0.2, 0) is 0 Å². The largest absolute Gasteiger partial charge is 0.483 e. The Balaban J connectivity index is 1.79. The fourth-order valence-electron chi connectivity index (χ4n) is 2.37. The summed E-state index contributed by atoms with van der Waals surface area (Å²) in [5, 5.41) is 2.79. The molecule has 0 unspecified atom stereocenters. The van der Waals surface area contributed by atoms with Crippen molar-refractivity contribution in [1.29, 1.82) is 0 Å². The van der Waals surface area contributed by atoms with E-state index in [0.29, 0.717) is 16.3 Å². The summed E-state index contributed by atoms with van der Waals surface area (Å²) in [4.78, 5) is 12.4. The van der Waals surface area contributed by atoms with Gasteiger partial charge in [-0.2, -0.15) is 0 Å². The monoisotopic (exact) mass is 388 g/mol. The smallest absolute Gasteiger partial charge is 0.202 e. The Labute approximate surface area is 148 Å². The third-order valence-electron chi connectivity index (χ3n) is 3.58. The van der Waals surface area contributed by atoms with Gasteiger partial charge in [-0.3, -0.25) is 4.79 Å². The van der Waals surface area contributed by atoms with Gasteiger partial charge in [0.15, 0.2) is 6.10 Å². The van der Waals surface area contributed by atoms with E-state index in [1.54, 1.807) is 31.2 Å². The van der Waals surface area contributed by atoms with Gasteiger partial charge in [-0.05, 0) is 66.2 Å². The molecule has 0 N–H and O–H groups in total. The van der Waals surface area contributed by atoms with Gasteiger partial charge in [0.1, 0.15) is 5.75 Å². The van der Waals surface area contributed by atoms with Gasteiger partial charge in [0, 0.05) is 15.1 Å². The molecule has 0 bridgehead atoms. The van der Waals surface area contributed by atoms with Crippen LogP contribution < -0.4 is 4.74 Å². The Morgan fingerprint density at radius 2 is 1.65 bits per heavy atom. The highest BCUT2D eigenvalue weighted by molar-refractivity contribution is 9.10. The van der Waals surface area contributed by atoms with E-state index in [0.717, 1.165) is 15.2 Å². The highest BCUT2D eigenvalue weighted by Gasteiger charge is 2.17. The summed E-state index contributed by atoms with van der Waals surface area (Å²) in [6.07, 6.45) is -0.566. The van der Waals surface area contributed by atoms with Crippen LogP contribution in [0, 0.1) is 0 Å². The summed E-state index contributed by atoms with van der Waals surface area (Å²) in [6, 6.07) is 18.7. The molecule has 0 fully saturated rings. The van der Waals surface area contributed by atoms with Crippen LogP contribution in [0.2, 0.25) is 5.02 Å². The lowest BCUT2D eigenvalue weighted by Gasteiger charge is -2.14. The van der Waals surface area contributed by atoms with Crippen LogP contribution in [-0.4, -0.2) is 11.9 Å². The van der Waals surface area contributed by atoms with Crippen LogP contribution in [0.5, 0.6) is 5.75 Å². The van der Waals surface area contributed by atoms with Crippen molar-refractivity contribution < 1.29 is 9.53 Å². The third kappa shape index (κ3) is 3.74. The van der Waals surface area contributed by atoms with Crippen LogP contribution in [0.15, 0.2) is 65.1 Å². The second-order valence-corrected chi connectivity index (χ2v) is 6.64. The van der Waals surface area contributed by atoms with Crippen LogP contribution in [0.1, 0.15) is 17.3 Å². The predicted octanol–water partition coefficient (Wildman–Crippen LogP) is 5.91. The number of ketones is 1. The molecule has 0 aromatic heterocycles. The lowest BCUT2D eigenvalue weighted by molar-refractivity contribution is 0.0818. The molecule has 0 aliphatic heterocycles. The lowest BCUT2D eigenvalue weighted by Crippen LogP contribution is -2.23. The Bertz CT molecular complexity index is 859. The SMILES string of the molecule is C[C@H](Oc1ccc2cc(Br)ccc2c1)C(=O)c1ccc(Cl)cc1. The van der Waals surface area contributed by atoms with Crippen molar-refractivity contribution in [2.24, 2.45) is 0 Å². The fraction of sp³-hybridized carbons (Fsp3) is 0.105. The maximum Gasteiger partial charge on any atom is 0.202 e. The van der Waals surface area contributed by atoms with Crippen molar-refractivity contribution in [3.05, 3.63) is 75.7 Å². The number of halogens is 2. The van der Waals surface area contributed by atoms with Crippen molar-refractivity contribution >= 4 is 44.1 Å². The van der Waals surface area contributed by atoms with E-state index in [2.05, 4.69) is 15.9 Å². The number of Topliss-reactive ketones (excluding diaryl/α,β-unsaturated/α-hetero) is 1. The molecule has 116 valence electrons. The first-order valence-corrected chi connectivity index (χ1v) is 8.36. The van der Waals surface area contributed by atoms with Crippen molar-refractivity contribution in [3.63, 3.8) is 0 Å². The minimum atomic E-state index is -0.566. The van der Waals surface area contributed by atoms with Gasteiger partial charge in [-0.25, -0.2) is 0 Å². The topological polar surface area (TPSA) is 26.3 Å². The standard InChI is InChI=1S/C19H14BrClO2/c1-12(19(22)13-3-7-17(21)8-4-13)23-18-9-5-14-10-16(20)6-2-15(14)11-18/h2-12H,1H3/t12-/m0/s1. The summed E-state index contributed by atoms with van der Waals surface area (Å²) in [5.74, 6) is 0.604. The number of carbonyl (C=O) groups excluding carboxylic acids is 1. The van der Waals surface area contributed by atoms with Gasteiger partial charge in [0.25, 0.3) is 0 Å². The van der Waals surface area contributed by atoms with Gasteiger partial charge in [-0.15, -0.1) is 0 Å². The van der Waals surface area contributed by atoms with Gasteiger partial charge >= 0.3 is 0 Å². The average Bonchev–Trinajstić information content (AvgIpc) is 2.55. The van der Waals surface area contributed by atoms with Crippen LogP contribution in [0.3, 0.4) is 0 Å². The first-order chi connectivity index (χ1) is 11.0. The lowest BCUT2D eigenvalue weighted by atomic mass is 10.1. The Kier molecular flexibility index (Phi) is 4.69. The first-order valence-electron chi connectivity index (χ1n) is 7.19. The van der Waals surface area contributed by atoms with Crippen LogP contribution >= 0.6 is 27.5 Å². The zero-order chi connectivity index (χ0) is 16.4. The quantitative estimate of drug-likeness (QED) is 0.519. The molecule has 3 aromatic rings. The molecule has 0 heterocycles. The Morgan fingerprint density at radius 3 is 2.39 bits per heavy atom. The van der Waals surface area contributed by atoms with E-state index in [-0.39, 0.29) is 5.78 Å². The summed E-state index contributed by atoms with van der Waals surface area (Å²) in [7, 11) is 0. The van der Waals surface area contributed by atoms with Gasteiger partial charge in [-0.1, -0.05) is 39.7 Å². The Morgan fingerprint density at radius 1 is 1.00 bits per heavy atom. The zero-order valence-corrected chi connectivity index (χ0v) is 14.8. The molecule has 0 saturated carbocycles. The zero-order valence-electron chi connectivity index (χ0n) is 12.4. The molecule has 1 atom stereocenters. The molecular formula is C19H14BrClO2. The number of carbonyl (C=O) groups is 1. The van der Waals surface area contributed by atoms with Crippen molar-refractivity contribution in [3.8, 4) is 5.75 Å². The predicted molar refractivity (Wildman–Crippen MR) is 97.5 cm³/mol. The highest BCUT2D eigenvalue weighted by atomic mass is 79.9. The number of fused-ring (bicyclic) bond motifs is 1. The summed E-state index contributed by atoms with van der Waals surface area (Å²) in [6.45, 7) is 1.75. The molecule has 0 amide bonds. The molecule has 0 radical (unpaired) electrons. The van der Waals surface area contributed by atoms with E-state index in [9.17, 15) is 4.79 Å². The molecule has 3 rings (SSSR count). The van der Waals surface area contributed by atoms with Crippen molar-refractivity contribution in [2.45, 2.75) is 13.0 Å². The molecule has 0 aliphatic rings. The van der Waals surface area contributed by atoms with E-state index in [1.165, 1.54) is 0 Å². The average molecular weight is 390 g/mol. The number of benzene rings is 3. The highest BCUT2D eigenvalue weighted by Crippen LogP contribution is 2.25. The number of hydrogen-bond donors (Lipinski definition) is 0. The maximum absolute atomic E-state index is 12.4. The van der Waals surface area contributed by atoms with E-state index < -0.39 is 6.10 Å². The van der Waals surface area contributed by atoms with Crippen LogP contribution in [0.25, 0.3) is 10.8 Å². The second kappa shape index (κ2) is 6.73.